The highest BCUT2D eigenvalue weighted by Gasteiger charge is 2.38. The number of aliphatic hydroxyl groups is 3. The van der Waals surface area contributed by atoms with E-state index in [2.05, 4.69) is 26.2 Å². The molecule has 0 aliphatic carbocycles. The van der Waals surface area contributed by atoms with Gasteiger partial charge in [0.1, 0.15) is 11.8 Å². The van der Waals surface area contributed by atoms with Gasteiger partial charge in [-0.25, -0.2) is 4.79 Å². The van der Waals surface area contributed by atoms with Crippen LogP contribution in [0.2, 0.25) is 0 Å². The molecule has 4 rings (SSSR count). The number of carbonyl (C=O) groups is 2. The molecule has 0 bridgehead atoms. The van der Waals surface area contributed by atoms with Gasteiger partial charge in [-0.1, -0.05) is 30.3 Å². The summed E-state index contributed by atoms with van der Waals surface area (Å²) in [6.07, 6.45) is -3.01. The second-order valence-electron chi connectivity index (χ2n) is 7.61. The number of halogens is 1. The average molecular weight is 508 g/mol. The van der Waals surface area contributed by atoms with Gasteiger partial charge in [0.15, 0.2) is 11.7 Å². The summed E-state index contributed by atoms with van der Waals surface area (Å²) in [7, 11) is 0. The van der Waals surface area contributed by atoms with Crippen molar-refractivity contribution in [3.8, 4) is 5.88 Å². The topological polar surface area (TPSA) is 148 Å². The van der Waals surface area contributed by atoms with Gasteiger partial charge in [-0.05, 0) is 27.9 Å². The van der Waals surface area contributed by atoms with Crippen LogP contribution in [0.1, 0.15) is 5.56 Å². The maximum atomic E-state index is 12.8. The molecule has 3 heterocycles. The van der Waals surface area contributed by atoms with Crippen molar-refractivity contribution in [1.29, 1.82) is 0 Å². The van der Waals surface area contributed by atoms with Crippen LogP contribution in [0.5, 0.6) is 5.88 Å². The molecule has 4 atom stereocenters. The zero-order valence-electron chi connectivity index (χ0n) is 16.8. The molecule has 11 heteroatoms. The zero-order valence-corrected chi connectivity index (χ0v) is 18.4. The van der Waals surface area contributed by atoms with Gasteiger partial charge < -0.3 is 39.7 Å². The Bertz CT molecular complexity index is 1090. The molecule has 0 spiro atoms. The number of rotatable bonds is 6. The number of carbonyl (C=O) groups excluding carboxylic acids is 2. The number of likely N-dealkylation sites (tertiary alicyclic amines) is 1. The number of aliphatic hydroxyl groups excluding tert-OH is 3. The SMILES string of the molecule is O=C(N[C@@H](Cc1ccccc1)[C@@H](O)C(=O)N1C[C@@H](O)[C@@H](O)C1)Oc1cc2occ(Br)c2[nH]1. The Balaban J connectivity index is 1.47. The molecule has 32 heavy (non-hydrogen) atoms. The molecular formula is C21H22BrN3O7. The quantitative estimate of drug-likeness (QED) is 0.336. The van der Waals surface area contributed by atoms with Crippen molar-refractivity contribution < 1.29 is 34.1 Å². The molecule has 2 aromatic heterocycles. The summed E-state index contributed by atoms with van der Waals surface area (Å²) < 4.78 is 11.2. The molecule has 3 aromatic rings. The van der Waals surface area contributed by atoms with Gasteiger partial charge in [0.05, 0.1) is 22.7 Å². The largest absolute Gasteiger partial charge is 0.461 e. The summed E-state index contributed by atoms with van der Waals surface area (Å²) >= 11 is 3.31. The third-order valence-corrected chi connectivity index (χ3v) is 5.88. The van der Waals surface area contributed by atoms with Crippen LogP contribution in [-0.4, -0.2) is 74.6 Å². The average Bonchev–Trinajstić information content (AvgIpc) is 3.43. The van der Waals surface area contributed by atoms with Crippen molar-refractivity contribution in [2.75, 3.05) is 13.1 Å². The van der Waals surface area contributed by atoms with Gasteiger partial charge in [-0.2, -0.15) is 0 Å². The lowest BCUT2D eigenvalue weighted by Gasteiger charge is -2.26. The molecule has 1 aliphatic rings. The standard InChI is InChI=1S/C21H22BrN3O7/c22-12-10-31-16-7-17(24-18(12)16)32-21(30)23-13(6-11-4-2-1-3-5-11)19(28)20(29)25-8-14(26)15(27)9-25/h1-5,7,10,13-15,19,24,26-28H,6,8-9H2,(H,23,30)/t13-,14-,15+,19+/m0/s1. The van der Waals surface area contributed by atoms with Crippen molar-refractivity contribution in [2.24, 2.45) is 0 Å². The van der Waals surface area contributed by atoms with Gasteiger partial charge in [-0.3, -0.25) is 4.79 Å². The Kier molecular flexibility index (Phi) is 6.51. The van der Waals surface area contributed by atoms with Crippen molar-refractivity contribution >= 4 is 39.0 Å². The number of benzene rings is 1. The third-order valence-electron chi connectivity index (χ3n) is 5.29. The zero-order chi connectivity index (χ0) is 22.8. The number of aromatic nitrogens is 1. The van der Waals surface area contributed by atoms with Crippen LogP contribution in [0.25, 0.3) is 11.1 Å². The normalized spacial score (nSPS) is 20.3. The van der Waals surface area contributed by atoms with Crippen LogP contribution in [0.15, 0.2) is 51.6 Å². The van der Waals surface area contributed by atoms with Gasteiger partial charge >= 0.3 is 6.09 Å². The fourth-order valence-electron chi connectivity index (χ4n) is 3.61. The number of aromatic amines is 1. The fourth-order valence-corrected chi connectivity index (χ4v) is 4.00. The van der Waals surface area contributed by atoms with E-state index in [0.717, 1.165) is 5.56 Å². The first-order valence-electron chi connectivity index (χ1n) is 9.92. The molecule has 1 saturated heterocycles. The maximum Gasteiger partial charge on any atom is 0.414 e. The molecule has 1 fully saturated rings. The second kappa shape index (κ2) is 9.33. The van der Waals surface area contributed by atoms with Crippen molar-refractivity contribution in [2.45, 2.75) is 30.8 Å². The van der Waals surface area contributed by atoms with E-state index in [-0.39, 0.29) is 25.4 Å². The lowest BCUT2D eigenvalue weighted by molar-refractivity contribution is -0.141. The minimum absolute atomic E-state index is 0.101. The van der Waals surface area contributed by atoms with E-state index in [1.165, 1.54) is 17.2 Å². The molecule has 0 saturated carbocycles. The number of nitrogens with zero attached hydrogens (tertiary/aromatic N) is 1. The van der Waals surface area contributed by atoms with Crippen LogP contribution in [-0.2, 0) is 11.2 Å². The number of hydrogen-bond donors (Lipinski definition) is 5. The predicted octanol–water partition coefficient (Wildman–Crippen LogP) is 1.15. The summed E-state index contributed by atoms with van der Waals surface area (Å²) in [5, 5.41) is 32.7. The highest BCUT2D eigenvalue weighted by molar-refractivity contribution is 9.10. The summed E-state index contributed by atoms with van der Waals surface area (Å²) in [6, 6.07) is 9.52. The van der Waals surface area contributed by atoms with E-state index in [0.29, 0.717) is 15.6 Å². The Morgan fingerprint density at radius 1 is 1.25 bits per heavy atom. The summed E-state index contributed by atoms with van der Waals surface area (Å²) in [6.45, 7) is -0.202. The molecule has 2 amide bonds. The lowest BCUT2D eigenvalue weighted by atomic mass is 10.0. The number of ether oxygens (including phenoxy) is 1. The molecule has 0 radical (unpaired) electrons. The highest BCUT2D eigenvalue weighted by Crippen LogP contribution is 2.29. The van der Waals surface area contributed by atoms with E-state index < -0.39 is 36.4 Å². The van der Waals surface area contributed by atoms with Crippen molar-refractivity contribution in [3.05, 3.63) is 52.7 Å². The summed E-state index contributed by atoms with van der Waals surface area (Å²) in [5.74, 6) is -0.578. The first-order chi connectivity index (χ1) is 15.3. The highest BCUT2D eigenvalue weighted by atomic mass is 79.9. The van der Waals surface area contributed by atoms with Gasteiger partial charge in [0, 0.05) is 19.2 Å². The van der Waals surface area contributed by atoms with E-state index in [9.17, 15) is 24.9 Å². The molecule has 1 aromatic carbocycles. The minimum atomic E-state index is -1.62. The van der Waals surface area contributed by atoms with E-state index in [1.54, 1.807) is 24.3 Å². The van der Waals surface area contributed by atoms with Crippen molar-refractivity contribution in [3.63, 3.8) is 0 Å². The number of furan rings is 1. The smallest absolute Gasteiger partial charge is 0.414 e. The van der Waals surface area contributed by atoms with Crippen LogP contribution >= 0.6 is 15.9 Å². The van der Waals surface area contributed by atoms with E-state index in [1.807, 2.05) is 6.07 Å². The van der Waals surface area contributed by atoms with Gasteiger partial charge in [0.25, 0.3) is 5.91 Å². The number of β-amino-alcohol motifs (C(OH)–C–C–N with tert-alkyl or cyclic N) is 2. The second-order valence-corrected chi connectivity index (χ2v) is 8.46. The van der Waals surface area contributed by atoms with Crippen LogP contribution in [0, 0.1) is 0 Å². The molecule has 0 unspecified atom stereocenters. The first-order valence-corrected chi connectivity index (χ1v) is 10.7. The Morgan fingerprint density at radius 3 is 2.59 bits per heavy atom. The Morgan fingerprint density at radius 2 is 1.94 bits per heavy atom. The molecular weight excluding hydrogens is 486 g/mol. The minimum Gasteiger partial charge on any atom is -0.461 e. The number of H-pyrrole nitrogens is 1. The van der Waals surface area contributed by atoms with E-state index in [4.69, 9.17) is 9.15 Å². The molecule has 170 valence electrons. The van der Waals surface area contributed by atoms with Crippen LogP contribution in [0.4, 0.5) is 4.79 Å². The van der Waals surface area contributed by atoms with Crippen LogP contribution in [0.3, 0.4) is 0 Å². The monoisotopic (exact) mass is 507 g/mol. The lowest BCUT2D eigenvalue weighted by Crippen LogP contribution is -2.53. The molecule has 5 N–H and O–H groups in total. The Labute approximate surface area is 190 Å². The van der Waals surface area contributed by atoms with Gasteiger partial charge in [-0.15, -0.1) is 0 Å². The third kappa shape index (κ3) is 4.80. The number of fused-ring (bicyclic) bond motifs is 1. The summed E-state index contributed by atoms with van der Waals surface area (Å²) in [5.41, 5.74) is 1.89. The Hall–Kier alpha value is -2.86. The number of amides is 2. The maximum absolute atomic E-state index is 12.8. The predicted molar refractivity (Wildman–Crippen MR) is 116 cm³/mol. The van der Waals surface area contributed by atoms with Crippen molar-refractivity contribution in [1.82, 2.24) is 15.2 Å². The number of hydrogen-bond acceptors (Lipinski definition) is 7. The van der Waals surface area contributed by atoms with E-state index >= 15 is 0 Å². The fraction of sp³-hybridized carbons (Fsp3) is 0.333. The number of nitrogens with one attached hydrogen (secondary N) is 2. The molecule has 1 aliphatic heterocycles. The van der Waals surface area contributed by atoms with Crippen LogP contribution < -0.4 is 10.1 Å². The van der Waals surface area contributed by atoms with Gasteiger partial charge in [0.2, 0.25) is 5.88 Å². The first kappa shape index (κ1) is 22.3. The molecule has 10 nitrogen and oxygen atoms in total. The summed E-state index contributed by atoms with van der Waals surface area (Å²) in [4.78, 5) is 29.4.